The van der Waals surface area contributed by atoms with E-state index in [4.69, 9.17) is 9.84 Å². The second kappa shape index (κ2) is 6.39. The standard InChI is InChI=1S/C11H24O2/c1-5-7-11(2,3)9-10(13-4)6-8-12/h10,12H,5-9H2,1-4H3. The smallest absolute Gasteiger partial charge is 0.0598 e. The van der Waals surface area contributed by atoms with Crippen LogP contribution in [0.1, 0.15) is 46.5 Å². The van der Waals surface area contributed by atoms with Crippen molar-refractivity contribution in [3.63, 3.8) is 0 Å². The molecule has 1 atom stereocenters. The molecule has 0 aliphatic rings. The van der Waals surface area contributed by atoms with Crippen LogP contribution in [-0.4, -0.2) is 24.9 Å². The molecule has 0 aromatic carbocycles. The Morgan fingerprint density at radius 3 is 2.38 bits per heavy atom. The van der Waals surface area contributed by atoms with Gasteiger partial charge in [0.2, 0.25) is 0 Å². The first kappa shape index (κ1) is 12.9. The molecule has 2 nitrogen and oxygen atoms in total. The summed E-state index contributed by atoms with van der Waals surface area (Å²) in [5.41, 5.74) is 0.338. The minimum Gasteiger partial charge on any atom is -0.396 e. The van der Waals surface area contributed by atoms with Crippen LogP contribution in [0.25, 0.3) is 0 Å². The first-order chi connectivity index (χ1) is 6.05. The fourth-order valence-electron chi connectivity index (χ4n) is 1.84. The van der Waals surface area contributed by atoms with Gasteiger partial charge in [0.05, 0.1) is 6.10 Å². The van der Waals surface area contributed by atoms with Crippen LogP contribution in [0, 0.1) is 5.41 Å². The lowest BCUT2D eigenvalue weighted by Crippen LogP contribution is -2.23. The highest BCUT2D eigenvalue weighted by atomic mass is 16.5. The Morgan fingerprint density at radius 1 is 1.38 bits per heavy atom. The molecule has 0 aromatic heterocycles. The zero-order valence-corrected chi connectivity index (χ0v) is 9.47. The quantitative estimate of drug-likeness (QED) is 0.665. The molecule has 1 N–H and O–H groups in total. The average molecular weight is 188 g/mol. The van der Waals surface area contributed by atoms with Gasteiger partial charge in [-0.25, -0.2) is 0 Å². The minimum atomic E-state index is 0.214. The molecule has 80 valence electrons. The third-order valence-electron chi connectivity index (χ3n) is 2.49. The van der Waals surface area contributed by atoms with Crippen LogP contribution in [0.2, 0.25) is 0 Å². The molecular formula is C11H24O2. The Hall–Kier alpha value is -0.0800. The SMILES string of the molecule is CCCC(C)(C)CC(CCO)OC. The lowest BCUT2D eigenvalue weighted by Gasteiger charge is -2.28. The molecule has 0 radical (unpaired) electrons. The summed E-state index contributed by atoms with van der Waals surface area (Å²) in [6.45, 7) is 6.95. The molecule has 0 aromatic rings. The van der Waals surface area contributed by atoms with Gasteiger partial charge in [0.25, 0.3) is 0 Å². The largest absolute Gasteiger partial charge is 0.396 e. The highest BCUT2D eigenvalue weighted by Crippen LogP contribution is 2.29. The van der Waals surface area contributed by atoms with Gasteiger partial charge in [-0.15, -0.1) is 0 Å². The molecule has 0 aliphatic heterocycles. The summed E-state index contributed by atoms with van der Waals surface area (Å²) < 4.78 is 5.31. The second-order valence-electron chi connectivity index (χ2n) is 4.49. The van der Waals surface area contributed by atoms with E-state index in [1.54, 1.807) is 7.11 Å². The van der Waals surface area contributed by atoms with E-state index in [2.05, 4.69) is 20.8 Å². The molecule has 2 heteroatoms. The molecule has 0 fully saturated rings. The first-order valence-corrected chi connectivity index (χ1v) is 5.19. The number of ether oxygens (including phenoxy) is 1. The van der Waals surface area contributed by atoms with Crippen molar-refractivity contribution in [1.29, 1.82) is 0 Å². The summed E-state index contributed by atoms with van der Waals surface area (Å²) in [4.78, 5) is 0. The van der Waals surface area contributed by atoms with Gasteiger partial charge < -0.3 is 9.84 Å². The monoisotopic (exact) mass is 188 g/mol. The Bertz CT molecular complexity index is 121. The molecular weight excluding hydrogens is 164 g/mol. The van der Waals surface area contributed by atoms with Crippen LogP contribution in [0.15, 0.2) is 0 Å². The molecule has 0 heterocycles. The highest BCUT2D eigenvalue weighted by molar-refractivity contribution is 4.73. The number of rotatable bonds is 7. The third-order valence-corrected chi connectivity index (χ3v) is 2.49. The van der Waals surface area contributed by atoms with Crippen LogP contribution < -0.4 is 0 Å². The first-order valence-electron chi connectivity index (χ1n) is 5.19. The van der Waals surface area contributed by atoms with Crippen molar-refractivity contribution in [3.05, 3.63) is 0 Å². The van der Waals surface area contributed by atoms with Gasteiger partial charge in [-0.1, -0.05) is 27.2 Å². The fraction of sp³-hybridized carbons (Fsp3) is 1.00. The van der Waals surface area contributed by atoms with Gasteiger partial charge in [-0.2, -0.15) is 0 Å². The van der Waals surface area contributed by atoms with Crippen molar-refractivity contribution >= 4 is 0 Å². The Morgan fingerprint density at radius 2 is 2.00 bits per heavy atom. The van der Waals surface area contributed by atoms with Crippen LogP contribution in [-0.2, 0) is 4.74 Å². The van der Waals surface area contributed by atoms with E-state index < -0.39 is 0 Å². The normalized spacial score (nSPS) is 14.5. The van der Waals surface area contributed by atoms with Gasteiger partial charge in [-0.3, -0.25) is 0 Å². The highest BCUT2D eigenvalue weighted by Gasteiger charge is 2.21. The van der Waals surface area contributed by atoms with Crippen molar-refractivity contribution in [2.75, 3.05) is 13.7 Å². The lowest BCUT2D eigenvalue weighted by molar-refractivity contribution is 0.0401. The summed E-state index contributed by atoms with van der Waals surface area (Å²) in [7, 11) is 1.72. The van der Waals surface area contributed by atoms with Gasteiger partial charge in [0.1, 0.15) is 0 Å². The Kier molecular flexibility index (Phi) is 6.35. The lowest BCUT2D eigenvalue weighted by atomic mass is 9.82. The molecule has 0 aliphatic carbocycles. The van der Waals surface area contributed by atoms with Gasteiger partial charge in [0.15, 0.2) is 0 Å². The molecule has 0 amide bonds. The van der Waals surface area contributed by atoms with Crippen molar-refractivity contribution in [3.8, 4) is 0 Å². The summed E-state index contributed by atoms with van der Waals surface area (Å²) >= 11 is 0. The zero-order valence-electron chi connectivity index (χ0n) is 9.47. The second-order valence-corrected chi connectivity index (χ2v) is 4.49. The van der Waals surface area contributed by atoms with Crippen molar-refractivity contribution in [2.24, 2.45) is 5.41 Å². The number of methoxy groups -OCH3 is 1. The van der Waals surface area contributed by atoms with E-state index in [1.807, 2.05) is 0 Å². The summed E-state index contributed by atoms with van der Waals surface area (Å²) in [6, 6.07) is 0. The molecule has 0 spiro atoms. The van der Waals surface area contributed by atoms with E-state index in [1.165, 1.54) is 12.8 Å². The molecule has 0 rings (SSSR count). The summed E-state index contributed by atoms with van der Waals surface area (Å²) in [5, 5.41) is 8.81. The number of hydrogen-bond acceptors (Lipinski definition) is 2. The van der Waals surface area contributed by atoms with Crippen LogP contribution in [0.4, 0.5) is 0 Å². The summed E-state index contributed by atoms with van der Waals surface area (Å²) in [5.74, 6) is 0. The van der Waals surface area contributed by atoms with Crippen LogP contribution >= 0.6 is 0 Å². The Labute approximate surface area is 82.3 Å². The van der Waals surface area contributed by atoms with Crippen molar-refractivity contribution in [1.82, 2.24) is 0 Å². The predicted octanol–water partition coefficient (Wildman–Crippen LogP) is 2.60. The zero-order chi connectivity index (χ0) is 10.3. The van der Waals surface area contributed by atoms with Gasteiger partial charge in [0, 0.05) is 13.7 Å². The summed E-state index contributed by atoms with van der Waals surface area (Å²) in [6.07, 6.45) is 4.44. The number of hydrogen-bond donors (Lipinski definition) is 1. The van der Waals surface area contributed by atoms with Crippen LogP contribution in [0.5, 0.6) is 0 Å². The van der Waals surface area contributed by atoms with Gasteiger partial charge in [-0.05, 0) is 24.7 Å². The van der Waals surface area contributed by atoms with E-state index >= 15 is 0 Å². The fourth-order valence-corrected chi connectivity index (χ4v) is 1.84. The maximum absolute atomic E-state index is 8.81. The molecule has 0 saturated carbocycles. The van der Waals surface area contributed by atoms with Crippen molar-refractivity contribution < 1.29 is 9.84 Å². The third kappa shape index (κ3) is 6.05. The number of aliphatic hydroxyl groups excluding tert-OH is 1. The van der Waals surface area contributed by atoms with E-state index in [9.17, 15) is 0 Å². The maximum atomic E-state index is 8.81. The molecule has 0 saturated heterocycles. The van der Waals surface area contributed by atoms with Crippen molar-refractivity contribution in [2.45, 2.75) is 52.6 Å². The van der Waals surface area contributed by atoms with Crippen LogP contribution in [0.3, 0.4) is 0 Å². The minimum absolute atomic E-state index is 0.214. The maximum Gasteiger partial charge on any atom is 0.0598 e. The Balaban J connectivity index is 3.89. The van der Waals surface area contributed by atoms with E-state index in [-0.39, 0.29) is 12.7 Å². The van der Waals surface area contributed by atoms with Gasteiger partial charge >= 0.3 is 0 Å². The van der Waals surface area contributed by atoms with E-state index in [0.717, 1.165) is 12.8 Å². The molecule has 13 heavy (non-hydrogen) atoms. The number of aliphatic hydroxyl groups is 1. The molecule has 0 bridgehead atoms. The van der Waals surface area contributed by atoms with E-state index in [0.29, 0.717) is 5.41 Å². The predicted molar refractivity (Wildman–Crippen MR) is 55.8 cm³/mol. The average Bonchev–Trinajstić information content (AvgIpc) is 2.03. The molecule has 1 unspecified atom stereocenters. The topological polar surface area (TPSA) is 29.5 Å².